The second kappa shape index (κ2) is 8.56. The summed E-state index contributed by atoms with van der Waals surface area (Å²) >= 11 is 0. The first kappa shape index (κ1) is 16.5. The molecule has 4 heteroatoms. The number of aryl methyl sites for hydroxylation is 2. The number of rotatable bonds is 9. The van der Waals surface area contributed by atoms with Crippen LogP contribution in [0.4, 0.5) is 11.4 Å². The van der Waals surface area contributed by atoms with Gasteiger partial charge >= 0.3 is 0 Å². The highest BCUT2D eigenvalue weighted by Gasteiger charge is 2.12. The van der Waals surface area contributed by atoms with E-state index in [1.54, 1.807) is 13.0 Å². The molecular weight excluding hydrogens is 252 g/mol. The number of unbranched alkanes of at least 4 members (excludes halogenated alkanes) is 5. The number of nitrogens with one attached hydrogen (secondary N) is 1. The van der Waals surface area contributed by atoms with Crippen LogP contribution in [0.25, 0.3) is 0 Å². The van der Waals surface area contributed by atoms with Gasteiger partial charge in [-0.15, -0.1) is 0 Å². The first-order valence-electron chi connectivity index (χ1n) is 7.55. The fourth-order valence-electron chi connectivity index (χ4n) is 2.32. The van der Waals surface area contributed by atoms with Crippen molar-refractivity contribution in [2.24, 2.45) is 0 Å². The Morgan fingerprint density at radius 3 is 2.35 bits per heavy atom. The van der Waals surface area contributed by atoms with Crippen molar-refractivity contribution in [2.75, 3.05) is 11.9 Å². The lowest BCUT2D eigenvalue weighted by Gasteiger charge is -2.10. The molecule has 0 amide bonds. The molecule has 0 spiro atoms. The van der Waals surface area contributed by atoms with Crippen molar-refractivity contribution in [3.8, 4) is 0 Å². The van der Waals surface area contributed by atoms with E-state index in [0.29, 0.717) is 5.56 Å². The Morgan fingerprint density at radius 2 is 1.70 bits per heavy atom. The van der Waals surface area contributed by atoms with Crippen LogP contribution in [0.3, 0.4) is 0 Å². The number of nitro groups is 1. The van der Waals surface area contributed by atoms with Crippen LogP contribution in [0, 0.1) is 24.0 Å². The molecule has 0 saturated heterocycles. The smallest absolute Gasteiger partial charge is 0.272 e. The zero-order valence-electron chi connectivity index (χ0n) is 12.9. The molecule has 0 aromatic heterocycles. The maximum absolute atomic E-state index is 10.9. The first-order chi connectivity index (χ1) is 9.56. The predicted molar refractivity (Wildman–Crippen MR) is 84.4 cm³/mol. The van der Waals surface area contributed by atoms with E-state index in [9.17, 15) is 10.1 Å². The van der Waals surface area contributed by atoms with E-state index < -0.39 is 0 Å². The minimum Gasteiger partial charge on any atom is -0.385 e. The van der Waals surface area contributed by atoms with Crippen LogP contribution in [0.5, 0.6) is 0 Å². The second-order valence-corrected chi connectivity index (χ2v) is 5.41. The average Bonchev–Trinajstić information content (AvgIpc) is 2.40. The number of nitrogens with zero attached hydrogens (tertiary/aromatic N) is 1. The maximum atomic E-state index is 10.9. The Bertz CT molecular complexity index is 444. The van der Waals surface area contributed by atoms with Crippen LogP contribution in [0.1, 0.15) is 56.6 Å². The third-order valence-electron chi connectivity index (χ3n) is 3.59. The van der Waals surface area contributed by atoms with Crippen molar-refractivity contribution in [2.45, 2.75) is 59.3 Å². The molecule has 0 bridgehead atoms. The van der Waals surface area contributed by atoms with Gasteiger partial charge in [0, 0.05) is 23.9 Å². The highest BCUT2D eigenvalue weighted by atomic mass is 16.6. The van der Waals surface area contributed by atoms with Gasteiger partial charge in [-0.2, -0.15) is 0 Å². The summed E-state index contributed by atoms with van der Waals surface area (Å²) in [6.45, 7) is 6.86. The van der Waals surface area contributed by atoms with Gasteiger partial charge in [0.25, 0.3) is 5.69 Å². The minimum atomic E-state index is -0.320. The molecular formula is C16H26N2O2. The normalized spacial score (nSPS) is 10.6. The Labute approximate surface area is 121 Å². The zero-order chi connectivity index (χ0) is 15.0. The second-order valence-electron chi connectivity index (χ2n) is 5.41. The van der Waals surface area contributed by atoms with Crippen LogP contribution < -0.4 is 5.32 Å². The van der Waals surface area contributed by atoms with Crippen LogP contribution in [-0.2, 0) is 0 Å². The standard InChI is InChI=1S/C16H26N2O2/c1-4-5-6-7-8-9-10-17-15-11-14(3)16(18(19)20)12-13(15)2/h11-12,17H,4-10H2,1-3H3. The third kappa shape index (κ3) is 5.19. The summed E-state index contributed by atoms with van der Waals surface area (Å²) < 4.78 is 0. The van der Waals surface area contributed by atoms with E-state index in [0.717, 1.165) is 24.2 Å². The molecule has 0 fully saturated rings. The molecule has 112 valence electrons. The molecule has 0 aliphatic rings. The molecule has 0 radical (unpaired) electrons. The molecule has 20 heavy (non-hydrogen) atoms. The number of hydrogen-bond donors (Lipinski definition) is 1. The molecule has 1 N–H and O–H groups in total. The zero-order valence-corrected chi connectivity index (χ0v) is 12.9. The Balaban J connectivity index is 2.41. The number of anilines is 1. The Hall–Kier alpha value is -1.58. The highest BCUT2D eigenvalue weighted by molar-refractivity contribution is 5.59. The summed E-state index contributed by atoms with van der Waals surface area (Å²) in [5.74, 6) is 0. The van der Waals surface area contributed by atoms with Gasteiger partial charge in [0.05, 0.1) is 4.92 Å². The van der Waals surface area contributed by atoms with Crippen LogP contribution >= 0.6 is 0 Å². The van der Waals surface area contributed by atoms with Crippen LogP contribution in [0.15, 0.2) is 12.1 Å². The summed E-state index contributed by atoms with van der Waals surface area (Å²) in [6.07, 6.45) is 7.63. The first-order valence-corrected chi connectivity index (χ1v) is 7.55. The van der Waals surface area contributed by atoms with Crippen molar-refractivity contribution >= 4 is 11.4 Å². The number of nitro benzene ring substituents is 1. The molecule has 0 heterocycles. The molecule has 0 atom stereocenters. The van der Waals surface area contributed by atoms with Gasteiger partial charge in [0.2, 0.25) is 0 Å². The number of hydrogen-bond acceptors (Lipinski definition) is 3. The average molecular weight is 278 g/mol. The summed E-state index contributed by atoms with van der Waals surface area (Å²) in [5.41, 5.74) is 2.87. The van der Waals surface area contributed by atoms with Gasteiger partial charge < -0.3 is 5.32 Å². The molecule has 0 aliphatic heterocycles. The monoisotopic (exact) mass is 278 g/mol. The summed E-state index contributed by atoms with van der Waals surface area (Å²) in [6, 6.07) is 3.53. The maximum Gasteiger partial charge on any atom is 0.272 e. The molecule has 0 aliphatic carbocycles. The third-order valence-corrected chi connectivity index (χ3v) is 3.59. The van der Waals surface area contributed by atoms with Gasteiger partial charge in [-0.3, -0.25) is 10.1 Å². The molecule has 1 rings (SSSR count). The van der Waals surface area contributed by atoms with E-state index >= 15 is 0 Å². The lowest BCUT2D eigenvalue weighted by Crippen LogP contribution is -2.04. The quantitative estimate of drug-likeness (QED) is 0.393. The Kier molecular flexibility index (Phi) is 7.05. The SMILES string of the molecule is CCCCCCCCNc1cc(C)c([N+](=O)[O-])cc1C. The van der Waals surface area contributed by atoms with Gasteiger partial charge in [-0.25, -0.2) is 0 Å². The number of benzene rings is 1. The summed E-state index contributed by atoms with van der Waals surface area (Å²) in [5, 5.41) is 14.2. The molecule has 0 saturated carbocycles. The van der Waals surface area contributed by atoms with Crippen molar-refractivity contribution in [3.63, 3.8) is 0 Å². The molecule has 1 aromatic carbocycles. The summed E-state index contributed by atoms with van der Waals surface area (Å²) in [7, 11) is 0. The largest absolute Gasteiger partial charge is 0.385 e. The van der Waals surface area contributed by atoms with E-state index in [4.69, 9.17) is 0 Å². The van der Waals surface area contributed by atoms with Crippen LogP contribution in [0.2, 0.25) is 0 Å². The van der Waals surface area contributed by atoms with Gasteiger partial charge in [0.1, 0.15) is 0 Å². The van der Waals surface area contributed by atoms with E-state index in [2.05, 4.69) is 12.2 Å². The topological polar surface area (TPSA) is 55.2 Å². The fraction of sp³-hybridized carbons (Fsp3) is 0.625. The lowest BCUT2D eigenvalue weighted by molar-refractivity contribution is -0.385. The Morgan fingerprint density at radius 1 is 1.05 bits per heavy atom. The van der Waals surface area contributed by atoms with Crippen molar-refractivity contribution in [3.05, 3.63) is 33.4 Å². The van der Waals surface area contributed by atoms with E-state index in [1.807, 2.05) is 13.0 Å². The van der Waals surface area contributed by atoms with Crippen LogP contribution in [-0.4, -0.2) is 11.5 Å². The van der Waals surface area contributed by atoms with Crippen molar-refractivity contribution in [1.82, 2.24) is 0 Å². The fourth-order valence-corrected chi connectivity index (χ4v) is 2.32. The predicted octanol–water partition coefficient (Wildman–Crippen LogP) is 4.98. The highest BCUT2D eigenvalue weighted by Crippen LogP contribution is 2.25. The van der Waals surface area contributed by atoms with Gasteiger partial charge in [-0.05, 0) is 31.9 Å². The molecule has 0 unspecified atom stereocenters. The lowest BCUT2D eigenvalue weighted by atomic mass is 10.1. The van der Waals surface area contributed by atoms with Crippen molar-refractivity contribution in [1.29, 1.82) is 0 Å². The minimum absolute atomic E-state index is 0.201. The van der Waals surface area contributed by atoms with Gasteiger partial charge in [-0.1, -0.05) is 39.0 Å². The summed E-state index contributed by atoms with van der Waals surface area (Å²) in [4.78, 5) is 10.5. The van der Waals surface area contributed by atoms with E-state index in [1.165, 1.54) is 32.1 Å². The van der Waals surface area contributed by atoms with Gasteiger partial charge in [0.15, 0.2) is 0 Å². The van der Waals surface area contributed by atoms with E-state index in [-0.39, 0.29) is 10.6 Å². The van der Waals surface area contributed by atoms with Crippen molar-refractivity contribution < 1.29 is 4.92 Å². The molecule has 1 aromatic rings. The molecule has 4 nitrogen and oxygen atoms in total.